The molecule has 0 spiro atoms. The van der Waals surface area contributed by atoms with Gasteiger partial charge >= 0.3 is 0 Å². The lowest BCUT2D eigenvalue weighted by atomic mass is 10.3. The number of anilines is 1. The van der Waals surface area contributed by atoms with E-state index in [4.69, 9.17) is 0 Å². The highest BCUT2D eigenvalue weighted by atomic mass is 79.9. The molecule has 5 heteroatoms. The second kappa shape index (κ2) is 5.66. The summed E-state index contributed by atoms with van der Waals surface area (Å²) in [5.41, 5.74) is 0. The molecule has 0 saturated carbocycles. The topological polar surface area (TPSA) is 29.0 Å². The standard InChI is InChI=1S/C9H16BrN3S/c1-7(2)13(6-4-5-10)9-11-8(3)12-14-9/h7H,4-6H2,1-3H3. The lowest BCUT2D eigenvalue weighted by Crippen LogP contribution is -2.31. The van der Waals surface area contributed by atoms with E-state index in [1.807, 2.05) is 6.92 Å². The first-order valence-corrected chi connectivity index (χ1v) is 6.67. The third kappa shape index (κ3) is 3.20. The third-order valence-electron chi connectivity index (χ3n) is 1.92. The summed E-state index contributed by atoms with van der Waals surface area (Å²) in [6, 6.07) is 0.487. The zero-order valence-electron chi connectivity index (χ0n) is 8.83. The van der Waals surface area contributed by atoms with E-state index < -0.39 is 0 Å². The normalized spacial score (nSPS) is 10.9. The maximum absolute atomic E-state index is 4.40. The summed E-state index contributed by atoms with van der Waals surface area (Å²) < 4.78 is 4.21. The number of hydrogen-bond acceptors (Lipinski definition) is 4. The van der Waals surface area contributed by atoms with Gasteiger partial charge in [-0.3, -0.25) is 0 Å². The predicted molar refractivity (Wildman–Crippen MR) is 65.5 cm³/mol. The number of halogens is 1. The van der Waals surface area contributed by atoms with Crippen LogP contribution in [0.5, 0.6) is 0 Å². The first-order chi connectivity index (χ1) is 6.65. The predicted octanol–water partition coefficient (Wildman–Crippen LogP) is 2.85. The highest BCUT2D eigenvalue weighted by Gasteiger charge is 2.13. The van der Waals surface area contributed by atoms with E-state index in [0.29, 0.717) is 6.04 Å². The van der Waals surface area contributed by atoms with Crippen molar-refractivity contribution in [2.75, 3.05) is 16.8 Å². The molecule has 0 unspecified atom stereocenters. The van der Waals surface area contributed by atoms with Crippen molar-refractivity contribution < 1.29 is 0 Å². The van der Waals surface area contributed by atoms with Crippen molar-refractivity contribution in [2.24, 2.45) is 0 Å². The first kappa shape index (κ1) is 11.9. The van der Waals surface area contributed by atoms with Crippen LogP contribution in [0.1, 0.15) is 26.1 Å². The average Bonchev–Trinajstić information content (AvgIpc) is 2.52. The Kier molecular flexibility index (Phi) is 4.81. The van der Waals surface area contributed by atoms with Crippen LogP contribution in [0.4, 0.5) is 5.13 Å². The molecule has 0 aromatic carbocycles. The van der Waals surface area contributed by atoms with Gasteiger partial charge in [-0.15, -0.1) is 0 Å². The molecule has 80 valence electrons. The second-order valence-corrected chi connectivity index (χ2v) is 4.98. The van der Waals surface area contributed by atoms with E-state index in [9.17, 15) is 0 Å². The van der Waals surface area contributed by atoms with Crippen molar-refractivity contribution in [1.82, 2.24) is 9.36 Å². The van der Waals surface area contributed by atoms with Gasteiger partial charge in [-0.05, 0) is 27.2 Å². The minimum atomic E-state index is 0.487. The summed E-state index contributed by atoms with van der Waals surface area (Å²) in [6.45, 7) is 7.34. The Hall–Kier alpha value is -0.160. The fraction of sp³-hybridized carbons (Fsp3) is 0.778. The molecule has 0 N–H and O–H groups in total. The Morgan fingerprint density at radius 2 is 2.21 bits per heavy atom. The van der Waals surface area contributed by atoms with Crippen molar-refractivity contribution >= 4 is 32.6 Å². The number of rotatable bonds is 5. The zero-order valence-corrected chi connectivity index (χ0v) is 11.2. The van der Waals surface area contributed by atoms with E-state index in [1.165, 1.54) is 11.5 Å². The van der Waals surface area contributed by atoms with Gasteiger partial charge in [0, 0.05) is 29.4 Å². The number of hydrogen-bond donors (Lipinski definition) is 0. The Labute approximate surface area is 97.8 Å². The first-order valence-electron chi connectivity index (χ1n) is 4.78. The molecule has 0 amide bonds. The van der Waals surface area contributed by atoms with Crippen molar-refractivity contribution in [2.45, 2.75) is 33.2 Å². The summed E-state index contributed by atoms with van der Waals surface area (Å²) in [6.07, 6.45) is 1.14. The van der Waals surface area contributed by atoms with Gasteiger partial charge in [0.05, 0.1) is 0 Å². The molecule has 0 aliphatic rings. The third-order valence-corrected chi connectivity index (χ3v) is 3.32. The molecule has 3 nitrogen and oxygen atoms in total. The van der Waals surface area contributed by atoms with Crippen LogP contribution in [0.2, 0.25) is 0 Å². The van der Waals surface area contributed by atoms with Gasteiger partial charge in [-0.1, -0.05) is 15.9 Å². The Balaban J connectivity index is 2.67. The molecule has 1 rings (SSSR count). The van der Waals surface area contributed by atoms with Gasteiger partial charge in [0.15, 0.2) is 0 Å². The van der Waals surface area contributed by atoms with Crippen molar-refractivity contribution in [3.8, 4) is 0 Å². The smallest absolute Gasteiger partial charge is 0.205 e. The number of nitrogens with zero attached hydrogens (tertiary/aromatic N) is 3. The molecule has 0 radical (unpaired) electrons. The second-order valence-electron chi connectivity index (χ2n) is 3.45. The van der Waals surface area contributed by atoms with Crippen molar-refractivity contribution in [1.29, 1.82) is 0 Å². The quantitative estimate of drug-likeness (QED) is 0.775. The molecule has 14 heavy (non-hydrogen) atoms. The maximum atomic E-state index is 4.40. The molecular formula is C9H16BrN3S. The molecule has 0 aliphatic heterocycles. The monoisotopic (exact) mass is 277 g/mol. The molecule has 1 aromatic heterocycles. The lowest BCUT2D eigenvalue weighted by molar-refractivity contribution is 0.671. The van der Waals surface area contributed by atoms with E-state index in [2.05, 4.69) is 44.0 Å². The van der Waals surface area contributed by atoms with Gasteiger partial charge in [-0.25, -0.2) is 4.98 Å². The van der Waals surface area contributed by atoms with E-state index in [-0.39, 0.29) is 0 Å². The molecule has 0 saturated heterocycles. The molecule has 0 fully saturated rings. The number of aryl methyl sites for hydroxylation is 1. The summed E-state index contributed by atoms with van der Waals surface area (Å²) in [7, 11) is 0. The van der Waals surface area contributed by atoms with Crippen LogP contribution in [0.25, 0.3) is 0 Å². The van der Waals surface area contributed by atoms with E-state index >= 15 is 0 Å². The molecule has 0 aliphatic carbocycles. The van der Waals surface area contributed by atoms with Crippen LogP contribution >= 0.6 is 27.5 Å². The van der Waals surface area contributed by atoms with Crippen LogP contribution in [0, 0.1) is 6.92 Å². The summed E-state index contributed by atoms with van der Waals surface area (Å²) in [4.78, 5) is 6.70. The highest BCUT2D eigenvalue weighted by Crippen LogP contribution is 2.19. The van der Waals surface area contributed by atoms with Crippen LogP contribution < -0.4 is 4.90 Å². The van der Waals surface area contributed by atoms with Gasteiger partial charge in [0.25, 0.3) is 0 Å². The van der Waals surface area contributed by atoms with Gasteiger partial charge in [0.1, 0.15) is 5.82 Å². The fourth-order valence-electron chi connectivity index (χ4n) is 1.21. The number of aromatic nitrogens is 2. The van der Waals surface area contributed by atoms with Crippen LogP contribution in [-0.2, 0) is 0 Å². The summed E-state index contributed by atoms with van der Waals surface area (Å²) in [5.74, 6) is 0.870. The van der Waals surface area contributed by atoms with Gasteiger partial charge < -0.3 is 4.90 Å². The SMILES string of the molecule is Cc1nsc(N(CCCBr)C(C)C)n1. The highest BCUT2D eigenvalue weighted by molar-refractivity contribution is 9.09. The zero-order chi connectivity index (χ0) is 10.6. The summed E-state index contributed by atoms with van der Waals surface area (Å²) in [5, 5.41) is 2.08. The Morgan fingerprint density at radius 3 is 2.64 bits per heavy atom. The van der Waals surface area contributed by atoms with Gasteiger partial charge in [0.2, 0.25) is 5.13 Å². The lowest BCUT2D eigenvalue weighted by Gasteiger charge is -2.25. The van der Waals surface area contributed by atoms with Gasteiger partial charge in [-0.2, -0.15) is 4.37 Å². The van der Waals surface area contributed by atoms with Crippen LogP contribution in [0.15, 0.2) is 0 Å². The Morgan fingerprint density at radius 1 is 1.50 bits per heavy atom. The molecule has 1 heterocycles. The Bertz CT molecular complexity index is 275. The molecule has 0 bridgehead atoms. The maximum Gasteiger partial charge on any atom is 0.205 e. The summed E-state index contributed by atoms with van der Waals surface area (Å²) >= 11 is 4.93. The molecule has 1 aromatic rings. The minimum absolute atomic E-state index is 0.487. The van der Waals surface area contributed by atoms with E-state index in [0.717, 1.165) is 29.3 Å². The average molecular weight is 278 g/mol. The van der Waals surface area contributed by atoms with Crippen molar-refractivity contribution in [3.63, 3.8) is 0 Å². The molecular weight excluding hydrogens is 262 g/mol. The molecule has 0 atom stereocenters. The minimum Gasteiger partial charge on any atom is -0.344 e. The van der Waals surface area contributed by atoms with E-state index in [1.54, 1.807) is 0 Å². The van der Waals surface area contributed by atoms with Crippen LogP contribution in [-0.4, -0.2) is 27.3 Å². The van der Waals surface area contributed by atoms with Crippen LogP contribution in [0.3, 0.4) is 0 Å². The van der Waals surface area contributed by atoms with Crippen molar-refractivity contribution in [3.05, 3.63) is 5.82 Å². The number of alkyl halides is 1. The largest absolute Gasteiger partial charge is 0.344 e. The fourth-order valence-corrected chi connectivity index (χ4v) is 2.29.